The van der Waals surface area contributed by atoms with Gasteiger partial charge in [0.15, 0.2) is 5.13 Å². The lowest BCUT2D eigenvalue weighted by Crippen LogP contribution is -1.84. The Morgan fingerprint density at radius 3 is 2.33 bits per heavy atom. The summed E-state index contributed by atoms with van der Waals surface area (Å²) in [5.74, 6) is 0. The van der Waals surface area contributed by atoms with Gasteiger partial charge in [0.25, 0.3) is 0 Å². The van der Waals surface area contributed by atoms with Gasteiger partial charge >= 0.3 is 0 Å². The van der Waals surface area contributed by atoms with Crippen LogP contribution >= 0.6 is 11.3 Å². The molecule has 0 fully saturated rings. The van der Waals surface area contributed by atoms with Crippen molar-refractivity contribution in [1.29, 1.82) is 0 Å². The first kappa shape index (κ1) is 10.2. The molecule has 1 aromatic heterocycles. The van der Waals surface area contributed by atoms with E-state index in [4.69, 9.17) is 0 Å². The van der Waals surface area contributed by atoms with Gasteiger partial charge in [-0.2, -0.15) is 0 Å². The molecule has 2 nitrogen and oxygen atoms in total. The fourth-order valence-electron chi connectivity index (χ4n) is 1.48. The molecular formula is C12H14N2S. The molecule has 0 aliphatic heterocycles. The van der Waals surface area contributed by atoms with Crippen LogP contribution in [0.2, 0.25) is 0 Å². The maximum Gasteiger partial charge on any atom is 0.183 e. The van der Waals surface area contributed by atoms with Crippen molar-refractivity contribution in [3.8, 4) is 10.4 Å². The molecule has 1 N–H and O–H groups in total. The molecule has 2 aromatic rings. The van der Waals surface area contributed by atoms with Crippen molar-refractivity contribution in [1.82, 2.24) is 4.98 Å². The highest BCUT2D eigenvalue weighted by atomic mass is 32.1. The Morgan fingerprint density at radius 1 is 1.13 bits per heavy atom. The van der Waals surface area contributed by atoms with Gasteiger partial charge in [-0.05, 0) is 19.4 Å². The van der Waals surface area contributed by atoms with Crippen LogP contribution in [-0.2, 0) is 0 Å². The summed E-state index contributed by atoms with van der Waals surface area (Å²) in [5.41, 5.74) is 3.63. The molecule has 15 heavy (non-hydrogen) atoms. The summed E-state index contributed by atoms with van der Waals surface area (Å²) in [6.07, 6.45) is 0. The number of rotatable bonds is 2. The Labute approximate surface area is 94.0 Å². The average molecular weight is 218 g/mol. The van der Waals surface area contributed by atoms with Crippen molar-refractivity contribution in [2.45, 2.75) is 13.8 Å². The van der Waals surface area contributed by atoms with Crippen LogP contribution in [0.1, 0.15) is 11.3 Å². The number of nitrogens with one attached hydrogen (secondary N) is 1. The van der Waals surface area contributed by atoms with Gasteiger partial charge in [-0.3, -0.25) is 0 Å². The fraction of sp³-hybridized carbons (Fsp3) is 0.250. The number of nitrogens with zero attached hydrogens (tertiary/aromatic N) is 1. The van der Waals surface area contributed by atoms with Crippen LogP contribution in [0.5, 0.6) is 0 Å². The van der Waals surface area contributed by atoms with Crippen LogP contribution in [0.3, 0.4) is 0 Å². The van der Waals surface area contributed by atoms with E-state index in [1.807, 2.05) is 14.0 Å². The average Bonchev–Trinajstić information content (AvgIpc) is 2.61. The van der Waals surface area contributed by atoms with Crippen LogP contribution in [0, 0.1) is 13.8 Å². The predicted octanol–water partition coefficient (Wildman–Crippen LogP) is 3.47. The summed E-state index contributed by atoms with van der Waals surface area (Å²) in [6, 6.07) is 8.56. The third-order valence-electron chi connectivity index (χ3n) is 2.32. The molecule has 78 valence electrons. The Balaban J connectivity index is 2.44. The quantitative estimate of drug-likeness (QED) is 0.835. The standard InChI is InChI=1S/C12H14N2S/c1-8-4-6-10(7-5-8)11-9(2)14-12(13-3)15-11/h4-7H,1-3H3,(H,13,14). The van der Waals surface area contributed by atoms with Crippen molar-refractivity contribution >= 4 is 16.5 Å². The third kappa shape index (κ3) is 2.02. The summed E-state index contributed by atoms with van der Waals surface area (Å²) >= 11 is 1.70. The summed E-state index contributed by atoms with van der Waals surface area (Å²) < 4.78 is 0. The maximum atomic E-state index is 4.44. The molecule has 0 spiro atoms. The van der Waals surface area contributed by atoms with Crippen LogP contribution in [-0.4, -0.2) is 12.0 Å². The van der Waals surface area contributed by atoms with Crippen LogP contribution < -0.4 is 5.32 Å². The van der Waals surface area contributed by atoms with Crippen molar-refractivity contribution < 1.29 is 0 Å². The number of hydrogen-bond donors (Lipinski definition) is 1. The smallest absolute Gasteiger partial charge is 0.183 e. The first-order valence-corrected chi connectivity index (χ1v) is 5.74. The second-order valence-corrected chi connectivity index (χ2v) is 4.55. The van der Waals surface area contributed by atoms with Gasteiger partial charge in [0, 0.05) is 7.05 Å². The SMILES string of the molecule is CNc1nc(C)c(-c2ccc(C)cc2)s1. The van der Waals surface area contributed by atoms with E-state index < -0.39 is 0 Å². The number of aryl methyl sites for hydroxylation is 2. The maximum absolute atomic E-state index is 4.44. The summed E-state index contributed by atoms with van der Waals surface area (Å²) in [7, 11) is 1.90. The lowest BCUT2D eigenvalue weighted by Gasteiger charge is -1.98. The minimum absolute atomic E-state index is 0.975. The van der Waals surface area contributed by atoms with Crippen LogP contribution in [0.15, 0.2) is 24.3 Å². The molecule has 1 aromatic carbocycles. The van der Waals surface area contributed by atoms with E-state index in [2.05, 4.69) is 41.5 Å². The first-order chi connectivity index (χ1) is 7.20. The molecule has 0 amide bonds. The molecule has 0 saturated heterocycles. The number of anilines is 1. The zero-order chi connectivity index (χ0) is 10.8. The van der Waals surface area contributed by atoms with Crippen molar-refractivity contribution in [3.63, 3.8) is 0 Å². The van der Waals surface area contributed by atoms with E-state index in [1.54, 1.807) is 11.3 Å². The second kappa shape index (κ2) is 4.03. The Bertz CT molecular complexity index is 457. The molecule has 0 bridgehead atoms. The molecule has 0 radical (unpaired) electrons. The largest absolute Gasteiger partial charge is 0.365 e. The highest BCUT2D eigenvalue weighted by Gasteiger charge is 2.07. The van der Waals surface area contributed by atoms with Gasteiger partial charge in [0.1, 0.15) is 0 Å². The van der Waals surface area contributed by atoms with Crippen LogP contribution in [0.4, 0.5) is 5.13 Å². The van der Waals surface area contributed by atoms with E-state index in [9.17, 15) is 0 Å². The number of benzene rings is 1. The Hall–Kier alpha value is -1.35. The third-order valence-corrected chi connectivity index (χ3v) is 3.55. The van der Waals surface area contributed by atoms with Gasteiger partial charge < -0.3 is 5.32 Å². The first-order valence-electron chi connectivity index (χ1n) is 4.93. The molecular weight excluding hydrogens is 204 g/mol. The number of thiazole rings is 1. The minimum atomic E-state index is 0.975. The molecule has 2 rings (SSSR count). The summed E-state index contributed by atoms with van der Waals surface area (Å²) in [4.78, 5) is 5.68. The summed E-state index contributed by atoms with van der Waals surface area (Å²) in [6.45, 7) is 4.15. The molecule has 0 aliphatic carbocycles. The lowest BCUT2D eigenvalue weighted by molar-refractivity contribution is 1.25. The molecule has 0 atom stereocenters. The fourth-order valence-corrected chi connectivity index (χ4v) is 2.40. The van der Waals surface area contributed by atoms with Gasteiger partial charge in [0.05, 0.1) is 10.6 Å². The van der Waals surface area contributed by atoms with Gasteiger partial charge in [-0.25, -0.2) is 4.98 Å². The van der Waals surface area contributed by atoms with Crippen molar-refractivity contribution in [3.05, 3.63) is 35.5 Å². The zero-order valence-electron chi connectivity index (χ0n) is 9.16. The second-order valence-electron chi connectivity index (χ2n) is 3.55. The zero-order valence-corrected chi connectivity index (χ0v) is 9.98. The molecule has 3 heteroatoms. The topological polar surface area (TPSA) is 24.9 Å². The normalized spacial score (nSPS) is 10.3. The van der Waals surface area contributed by atoms with Gasteiger partial charge in [-0.1, -0.05) is 41.2 Å². The van der Waals surface area contributed by atoms with Crippen molar-refractivity contribution in [2.24, 2.45) is 0 Å². The van der Waals surface area contributed by atoms with E-state index in [1.165, 1.54) is 16.0 Å². The van der Waals surface area contributed by atoms with E-state index in [-0.39, 0.29) is 0 Å². The van der Waals surface area contributed by atoms with E-state index >= 15 is 0 Å². The number of aromatic nitrogens is 1. The molecule has 0 saturated carbocycles. The lowest BCUT2D eigenvalue weighted by atomic mass is 10.1. The van der Waals surface area contributed by atoms with Gasteiger partial charge in [0.2, 0.25) is 0 Å². The van der Waals surface area contributed by atoms with E-state index in [0.717, 1.165) is 10.8 Å². The van der Waals surface area contributed by atoms with Crippen LogP contribution in [0.25, 0.3) is 10.4 Å². The molecule has 0 unspecified atom stereocenters. The van der Waals surface area contributed by atoms with E-state index in [0.29, 0.717) is 0 Å². The van der Waals surface area contributed by atoms with Gasteiger partial charge in [-0.15, -0.1) is 0 Å². The predicted molar refractivity (Wildman–Crippen MR) is 66.6 cm³/mol. The monoisotopic (exact) mass is 218 g/mol. The number of hydrogen-bond acceptors (Lipinski definition) is 3. The highest BCUT2D eigenvalue weighted by molar-refractivity contribution is 7.19. The highest BCUT2D eigenvalue weighted by Crippen LogP contribution is 2.32. The molecule has 1 heterocycles. The minimum Gasteiger partial charge on any atom is -0.365 e. The summed E-state index contributed by atoms with van der Waals surface area (Å²) in [5, 5.41) is 4.05. The molecule has 0 aliphatic rings. The van der Waals surface area contributed by atoms with Crippen molar-refractivity contribution in [2.75, 3.05) is 12.4 Å². The Morgan fingerprint density at radius 2 is 1.80 bits per heavy atom. The Kier molecular flexibility index (Phi) is 2.73.